The number of fused-ring (bicyclic) bond motifs is 2. The Morgan fingerprint density at radius 3 is 2.07 bits per heavy atom. The molecule has 72 heavy (non-hydrogen) atoms. The number of hydrogen-bond acceptors (Lipinski definition) is 14. The molecule has 7 atom stereocenters. The number of nitrogens with zero attached hydrogens (tertiary/aromatic N) is 6. The summed E-state index contributed by atoms with van der Waals surface area (Å²) in [6.07, 6.45) is -0.0364. The second-order valence-corrected chi connectivity index (χ2v) is 28.2. The number of imidazole rings is 1. The van der Waals surface area contributed by atoms with Gasteiger partial charge >= 0.3 is 5.69 Å². The molecule has 3 aliphatic rings. The van der Waals surface area contributed by atoms with E-state index in [0.29, 0.717) is 23.6 Å². The number of aromatic amines is 1. The molecule has 5 heterocycles. The van der Waals surface area contributed by atoms with Crippen molar-refractivity contribution in [2.75, 3.05) is 47.2 Å². The Balaban J connectivity index is 1.19. The molecule has 0 aliphatic carbocycles. The normalized spacial score (nSPS) is 23.0. The number of H-pyrrole nitrogens is 1. The van der Waals surface area contributed by atoms with Crippen molar-refractivity contribution >= 4 is 50.0 Å². The van der Waals surface area contributed by atoms with E-state index in [1.165, 1.54) is 10.9 Å². The molecule has 3 fully saturated rings. The van der Waals surface area contributed by atoms with Gasteiger partial charge in [0, 0.05) is 26.7 Å². The van der Waals surface area contributed by atoms with E-state index in [0.717, 1.165) is 29.5 Å². The third-order valence-corrected chi connectivity index (χ3v) is 22.2. The minimum atomic E-state index is -3.73. The van der Waals surface area contributed by atoms with Gasteiger partial charge in [0.1, 0.15) is 47.3 Å². The predicted octanol–water partition coefficient (Wildman–Crippen LogP) is 8.60. The SMILES string of the molecule is COc1ccc(C(OC[C@H]2O[C@@H](n3c(=O)[nH]c4c(N=CN(C)C)ncnc43)[C@H](O[Si](C)(C)C(C)(C)C)[C@@H]2O[P@]2O[C@H](CS(=O)(=O)c3ccccc3)[C@@H]3CCCN32)(c2ccccc2)c2ccc(OC)cc2)cc1. The molecule has 0 spiro atoms. The predicted molar refractivity (Wildman–Crippen MR) is 279 cm³/mol. The molecule has 382 valence electrons. The fourth-order valence-corrected chi connectivity index (χ4v) is 14.3. The summed E-state index contributed by atoms with van der Waals surface area (Å²) in [5, 5.41) is -0.296. The molecule has 3 saturated heterocycles. The number of benzene rings is 4. The highest BCUT2D eigenvalue weighted by atomic mass is 32.2. The lowest BCUT2D eigenvalue weighted by Gasteiger charge is -2.41. The molecule has 0 unspecified atom stereocenters. The van der Waals surface area contributed by atoms with Crippen molar-refractivity contribution in [3.63, 3.8) is 0 Å². The molecule has 3 aliphatic heterocycles. The maximum atomic E-state index is 14.6. The van der Waals surface area contributed by atoms with E-state index in [1.807, 2.05) is 93.0 Å². The van der Waals surface area contributed by atoms with E-state index in [4.69, 9.17) is 32.4 Å². The van der Waals surface area contributed by atoms with Gasteiger partial charge in [-0.2, -0.15) is 0 Å². The van der Waals surface area contributed by atoms with Crippen LogP contribution in [0.3, 0.4) is 0 Å². The van der Waals surface area contributed by atoms with Gasteiger partial charge in [0.2, 0.25) is 0 Å². The van der Waals surface area contributed by atoms with E-state index in [9.17, 15) is 13.2 Å². The standard InChI is InChI=1S/C52H64N7O10PSSi/c1-51(2,3)72(8,9)69-46-45(68-70-58-30-16-21-41(58)43(67-70)32-71(61,62)40-19-14-11-15-20-40)42(66-49(46)59-48-44(56-50(59)60)47(53-33-54-48)55-34-57(4)5)31-65-52(35-17-12-10-13-18-35,36-22-26-38(63-6)27-23-36)37-24-28-39(64-7)29-25-37/h10-15,17-20,22-29,33-34,41-43,45-46,49H,16,21,30-32H2,1-9H3,(H,56,60)/t41-,42+,43+,45+,46+,49+,70-/m0/s1. The number of ether oxygens (including phenoxy) is 4. The minimum absolute atomic E-state index is 0.0889. The molecule has 6 aromatic rings. The monoisotopic (exact) mass is 1040 g/mol. The molecular formula is C52H64N7O10PSSi. The maximum Gasteiger partial charge on any atom is 0.330 e. The topological polar surface area (TPSA) is 181 Å². The third kappa shape index (κ3) is 10.2. The molecule has 9 rings (SSSR count). The molecular weight excluding hydrogens is 974 g/mol. The first-order chi connectivity index (χ1) is 34.4. The van der Waals surface area contributed by atoms with Gasteiger partial charge < -0.3 is 42.3 Å². The highest BCUT2D eigenvalue weighted by Crippen LogP contribution is 2.59. The smallest absolute Gasteiger partial charge is 0.330 e. The van der Waals surface area contributed by atoms with Crippen LogP contribution in [0.4, 0.5) is 5.82 Å². The van der Waals surface area contributed by atoms with Gasteiger partial charge in [-0.25, -0.2) is 37.4 Å². The fraction of sp³-hybridized carbons (Fsp3) is 0.423. The van der Waals surface area contributed by atoms with Crippen molar-refractivity contribution in [1.29, 1.82) is 0 Å². The lowest BCUT2D eigenvalue weighted by atomic mass is 9.80. The van der Waals surface area contributed by atoms with Gasteiger partial charge in [0.05, 0.1) is 43.9 Å². The highest BCUT2D eigenvalue weighted by molar-refractivity contribution is 7.91. The highest BCUT2D eigenvalue weighted by Gasteiger charge is 2.57. The fourth-order valence-electron chi connectivity index (χ4n) is 9.41. The summed E-state index contributed by atoms with van der Waals surface area (Å²) in [6.45, 7) is 11.3. The number of methoxy groups -OCH3 is 2. The number of aliphatic imine (C=N–C) groups is 1. The van der Waals surface area contributed by atoms with E-state index < -0.39 is 68.6 Å². The van der Waals surface area contributed by atoms with Crippen LogP contribution in [0.1, 0.15) is 56.5 Å². The molecule has 17 nitrogen and oxygen atoms in total. The van der Waals surface area contributed by atoms with E-state index in [-0.39, 0.29) is 39.8 Å². The van der Waals surface area contributed by atoms with E-state index in [2.05, 4.69) is 58.5 Å². The van der Waals surface area contributed by atoms with Crippen molar-refractivity contribution < 1.29 is 40.8 Å². The summed E-state index contributed by atoms with van der Waals surface area (Å²) in [4.78, 5) is 33.2. The van der Waals surface area contributed by atoms with Gasteiger partial charge in [0.15, 0.2) is 35.8 Å². The van der Waals surface area contributed by atoms with Crippen molar-refractivity contribution in [2.24, 2.45) is 4.99 Å². The van der Waals surface area contributed by atoms with Gasteiger partial charge in [-0.3, -0.25) is 0 Å². The zero-order chi connectivity index (χ0) is 51.0. The van der Waals surface area contributed by atoms with Crippen LogP contribution in [0.2, 0.25) is 18.1 Å². The minimum Gasteiger partial charge on any atom is -0.497 e. The number of aromatic nitrogens is 4. The van der Waals surface area contributed by atoms with Crippen LogP contribution in [-0.2, 0) is 38.4 Å². The van der Waals surface area contributed by atoms with Crippen LogP contribution in [0.15, 0.2) is 130 Å². The average molecular weight is 1040 g/mol. The van der Waals surface area contributed by atoms with Crippen LogP contribution in [-0.4, -0.2) is 130 Å². The number of rotatable bonds is 18. The Labute approximate surface area is 423 Å². The second kappa shape index (κ2) is 20.9. The average Bonchev–Trinajstić information content (AvgIpc) is 4.15. The molecule has 2 aromatic heterocycles. The van der Waals surface area contributed by atoms with Crippen LogP contribution < -0.4 is 15.2 Å². The summed E-state index contributed by atoms with van der Waals surface area (Å²) >= 11 is 0. The van der Waals surface area contributed by atoms with Crippen LogP contribution in [0, 0.1) is 0 Å². The number of sulfone groups is 1. The number of nitrogens with one attached hydrogen (secondary N) is 1. The molecule has 0 radical (unpaired) electrons. The first-order valence-electron chi connectivity index (χ1n) is 24.1. The van der Waals surface area contributed by atoms with E-state index >= 15 is 0 Å². The zero-order valence-electron chi connectivity index (χ0n) is 42.2. The van der Waals surface area contributed by atoms with Crippen LogP contribution in [0.25, 0.3) is 11.2 Å². The zero-order valence-corrected chi connectivity index (χ0v) is 44.9. The van der Waals surface area contributed by atoms with Crippen molar-refractivity contribution in [3.8, 4) is 11.5 Å². The Morgan fingerprint density at radius 1 is 0.861 bits per heavy atom. The summed E-state index contributed by atoms with van der Waals surface area (Å²) < 4.78 is 79.2. The summed E-state index contributed by atoms with van der Waals surface area (Å²) in [5.74, 6) is 1.40. The van der Waals surface area contributed by atoms with Crippen molar-refractivity contribution in [2.45, 2.75) is 98.9 Å². The first-order valence-corrected chi connectivity index (χ1v) is 29.8. The Kier molecular flexibility index (Phi) is 15.0. The third-order valence-electron chi connectivity index (χ3n) is 14.1. The van der Waals surface area contributed by atoms with Gasteiger partial charge in [-0.05, 0) is 84.1 Å². The Hall–Kier alpha value is -5.34. The quantitative estimate of drug-likeness (QED) is 0.0284. The number of hydrogen-bond donors (Lipinski definition) is 1. The lowest BCUT2D eigenvalue weighted by molar-refractivity contribution is -0.0928. The molecule has 0 saturated carbocycles. The Bertz CT molecular complexity index is 2960. The molecule has 0 amide bonds. The first kappa shape index (κ1) is 51.6. The molecule has 20 heteroatoms. The molecule has 4 aromatic carbocycles. The summed E-state index contributed by atoms with van der Waals surface area (Å²) in [7, 11) is -1.45. The van der Waals surface area contributed by atoms with Crippen LogP contribution >= 0.6 is 8.53 Å². The maximum absolute atomic E-state index is 14.6. The van der Waals surface area contributed by atoms with E-state index in [1.54, 1.807) is 55.8 Å². The van der Waals surface area contributed by atoms with Crippen molar-refractivity contribution in [3.05, 3.63) is 143 Å². The molecule has 1 N–H and O–H groups in total. The Morgan fingerprint density at radius 2 is 1.47 bits per heavy atom. The largest absolute Gasteiger partial charge is 0.497 e. The van der Waals surface area contributed by atoms with Gasteiger partial charge in [-0.15, -0.1) is 0 Å². The van der Waals surface area contributed by atoms with Crippen molar-refractivity contribution in [1.82, 2.24) is 29.1 Å². The second-order valence-electron chi connectivity index (χ2n) is 20.0. The van der Waals surface area contributed by atoms with Crippen LogP contribution in [0.5, 0.6) is 11.5 Å². The lowest BCUT2D eigenvalue weighted by Crippen LogP contribution is -2.50. The van der Waals surface area contributed by atoms with Gasteiger partial charge in [0.25, 0.3) is 8.53 Å². The molecule has 0 bridgehead atoms. The summed E-state index contributed by atoms with van der Waals surface area (Å²) in [5.41, 5.74) is 1.27. The van der Waals surface area contributed by atoms with Gasteiger partial charge in [-0.1, -0.05) is 93.6 Å². The summed E-state index contributed by atoms with van der Waals surface area (Å²) in [6, 6.07) is 33.8.